The second kappa shape index (κ2) is 73.2. The summed E-state index contributed by atoms with van der Waals surface area (Å²) in [6, 6.07) is 0. The number of ether oxygens (including phenoxy) is 4. The Hall–Kier alpha value is -1.94. The van der Waals surface area contributed by atoms with Crippen LogP contribution in [-0.2, 0) is 65.4 Å². The number of phosphoric acid groups is 2. The lowest BCUT2D eigenvalue weighted by Crippen LogP contribution is -2.30. The van der Waals surface area contributed by atoms with Crippen LogP contribution in [0.15, 0.2) is 0 Å². The summed E-state index contributed by atoms with van der Waals surface area (Å²) in [5, 5.41) is 10.7. The number of phosphoric ester groups is 2. The molecule has 0 heterocycles. The summed E-state index contributed by atoms with van der Waals surface area (Å²) in [6.07, 6.45) is 62.4. The van der Waals surface area contributed by atoms with E-state index in [-0.39, 0.29) is 25.7 Å². The summed E-state index contributed by atoms with van der Waals surface area (Å²) in [5.41, 5.74) is 0. The lowest BCUT2D eigenvalue weighted by molar-refractivity contribution is -0.161. The van der Waals surface area contributed by atoms with E-state index >= 15 is 0 Å². The Kier molecular flexibility index (Phi) is 71.8. The molecule has 0 aliphatic heterocycles. The van der Waals surface area contributed by atoms with Crippen molar-refractivity contribution in [1.82, 2.24) is 0 Å². The number of aliphatic hydroxyl groups excluding tert-OH is 1. The molecule has 0 saturated heterocycles. The van der Waals surface area contributed by atoms with Crippen LogP contribution >= 0.6 is 15.6 Å². The van der Waals surface area contributed by atoms with Crippen molar-refractivity contribution in [1.29, 1.82) is 0 Å². The Labute approximate surface area is 626 Å². The first kappa shape index (κ1) is 100. The van der Waals surface area contributed by atoms with Crippen molar-refractivity contribution in [2.45, 2.75) is 452 Å². The van der Waals surface area contributed by atoms with Crippen LogP contribution < -0.4 is 0 Å². The average molecular weight is 1490 g/mol. The van der Waals surface area contributed by atoms with Crippen molar-refractivity contribution in [2.24, 2.45) is 17.8 Å². The van der Waals surface area contributed by atoms with Gasteiger partial charge in [-0.05, 0) is 43.4 Å². The van der Waals surface area contributed by atoms with E-state index in [1.54, 1.807) is 0 Å². The van der Waals surface area contributed by atoms with Gasteiger partial charge in [0.25, 0.3) is 0 Å². The molecule has 3 N–H and O–H groups in total. The number of unbranched alkanes of at least 4 members (excludes halogenated alkanes) is 49. The molecule has 19 heteroatoms. The highest BCUT2D eigenvalue weighted by molar-refractivity contribution is 7.47. The normalized spacial score (nSPS) is 13.9. The number of hydrogen-bond donors (Lipinski definition) is 3. The molecule has 0 fully saturated rings. The van der Waals surface area contributed by atoms with E-state index in [1.165, 1.54) is 244 Å². The molecule has 0 aromatic carbocycles. The first-order valence-corrected chi connectivity index (χ1v) is 45.8. The Morgan fingerprint density at radius 2 is 0.451 bits per heavy atom. The van der Waals surface area contributed by atoms with Crippen LogP contribution in [0.5, 0.6) is 0 Å². The maximum atomic E-state index is 13.1. The standard InChI is InChI=1S/C83H162O17P2/c1-8-9-10-11-12-13-14-15-23-30-37-45-52-59-66-82(87)100-79(71-94-81(86)65-58-51-44-39-32-35-42-49-56-63-76(6)7)73-98-102(91,92)96-69-77(84)68-95-101(89,90)97-72-78(70-93-80(85)64-57-50-43-36-29-26-25-28-34-41-48-55-62-75(4)5)99-83(88)67-60-53-46-38-31-24-21-19-17-16-18-20-22-27-33-40-47-54-61-74(2)3/h74-79,84H,8-73H2,1-7H3,(H,89,90)(H,91,92)/t77-,78-,79-/m1/s1. The predicted molar refractivity (Wildman–Crippen MR) is 418 cm³/mol. The summed E-state index contributed by atoms with van der Waals surface area (Å²) in [7, 11) is -9.92. The van der Waals surface area contributed by atoms with Gasteiger partial charge in [-0.2, -0.15) is 0 Å². The zero-order valence-electron chi connectivity index (χ0n) is 67.1. The monoisotopic (exact) mass is 1490 g/mol. The van der Waals surface area contributed by atoms with Crippen LogP contribution in [0.3, 0.4) is 0 Å². The minimum atomic E-state index is -4.96. The molecule has 0 amide bonds. The molecule has 0 aromatic rings. The molecule has 0 saturated carbocycles. The highest BCUT2D eigenvalue weighted by atomic mass is 31.2. The predicted octanol–water partition coefficient (Wildman–Crippen LogP) is 24.9. The van der Waals surface area contributed by atoms with Gasteiger partial charge in [-0.15, -0.1) is 0 Å². The zero-order chi connectivity index (χ0) is 75.1. The fourth-order valence-electron chi connectivity index (χ4n) is 12.8. The first-order valence-electron chi connectivity index (χ1n) is 42.8. The van der Waals surface area contributed by atoms with Crippen LogP contribution in [0.2, 0.25) is 0 Å². The number of carbonyl (C=O) groups is 4. The summed E-state index contributed by atoms with van der Waals surface area (Å²) in [4.78, 5) is 73.1. The van der Waals surface area contributed by atoms with Gasteiger partial charge >= 0.3 is 39.5 Å². The van der Waals surface area contributed by atoms with Crippen molar-refractivity contribution in [2.75, 3.05) is 39.6 Å². The van der Waals surface area contributed by atoms with Gasteiger partial charge in [0, 0.05) is 25.7 Å². The zero-order valence-corrected chi connectivity index (χ0v) is 68.9. The molecule has 0 aliphatic rings. The number of carbonyl (C=O) groups excluding carboxylic acids is 4. The van der Waals surface area contributed by atoms with E-state index in [0.717, 1.165) is 108 Å². The van der Waals surface area contributed by atoms with Gasteiger partial charge in [-0.25, -0.2) is 9.13 Å². The van der Waals surface area contributed by atoms with Gasteiger partial charge in [0.05, 0.1) is 26.4 Å². The van der Waals surface area contributed by atoms with Gasteiger partial charge in [0.15, 0.2) is 12.2 Å². The summed E-state index contributed by atoms with van der Waals surface area (Å²) >= 11 is 0. The van der Waals surface area contributed by atoms with Crippen LogP contribution in [0.4, 0.5) is 0 Å². The second-order valence-electron chi connectivity index (χ2n) is 31.3. The Balaban J connectivity index is 5.24. The Morgan fingerprint density at radius 3 is 0.667 bits per heavy atom. The number of hydrogen-bond acceptors (Lipinski definition) is 15. The van der Waals surface area contributed by atoms with Gasteiger partial charge < -0.3 is 33.8 Å². The van der Waals surface area contributed by atoms with E-state index in [1.807, 2.05) is 0 Å². The third kappa shape index (κ3) is 76.3. The molecular formula is C83H162O17P2. The Bertz CT molecular complexity index is 1970. The molecule has 0 rings (SSSR count). The molecule has 5 atom stereocenters. The quantitative estimate of drug-likeness (QED) is 0.0222. The molecule has 0 aromatic heterocycles. The third-order valence-corrected chi connectivity index (χ3v) is 21.3. The molecule has 0 aliphatic carbocycles. The molecular weight excluding hydrogens is 1330 g/mol. The van der Waals surface area contributed by atoms with Crippen LogP contribution in [0.1, 0.15) is 434 Å². The molecule has 17 nitrogen and oxygen atoms in total. The van der Waals surface area contributed by atoms with Crippen LogP contribution in [0.25, 0.3) is 0 Å². The van der Waals surface area contributed by atoms with Gasteiger partial charge in [-0.3, -0.25) is 37.3 Å². The highest BCUT2D eigenvalue weighted by Crippen LogP contribution is 2.45. The molecule has 102 heavy (non-hydrogen) atoms. The number of esters is 4. The average Bonchev–Trinajstić information content (AvgIpc) is 0.915. The molecule has 2 unspecified atom stereocenters. The van der Waals surface area contributed by atoms with Crippen molar-refractivity contribution >= 4 is 39.5 Å². The largest absolute Gasteiger partial charge is 0.472 e. The van der Waals surface area contributed by atoms with E-state index < -0.39 is 97.5 Å². The molecule has 0 spiro atoms. The van der Waals surface area contributed by atoms with Gasteiger partial charge in [-0.1, -0.05) is 382 Å². The fourth-order valence-corrected chi connectivity index (χ4v) is 14.4. The topological polar surface area (TPSA) is 237 Å². The molecule has 0 radical (unpaired) electrons. The maximum Gasteiger partial charge on any atom is 0.472 e. The van der Waals surface area contributed by atoms with Gasteiger partial charge in [0.2, 0.25) is 0 Å². The van der Waals surface area contributed by atoms with Crippen LogP contribution in [-0.4, -0.2) is 96.7 Å². The van der Waals surface area contributed by atoms with Gasteiger partial charge in [0.1, 0.15) is 19.3 Å². The second-order valence-corrected chi connectivity index (χ2v) is 34.2. The van der Waals surface area contributed by atoms with E-state index in [9.17, 15) is 43.2 Å². The number of rotatable bonds is 81. The summed E-state index contributed by atoms with van der Waals surface area (Å²) in [5.74, 6) is 0.239. The minimum absolute atomic E-state index is 0.108. The van der Waals surface area contributed by atoms with Crippen molar-refractivity contribution in [3.63, 3.8) is 0 Å². The lowest BCUT2D eigenvalue weighted by atomic mass is 10.0. The van der Waals surface area contributed by atoms with Crippen molar-refractivity contribution < 1.29 is 80.2 Å². The first-order chi connectivity index (χ1) is 49.2. The smallest absolute Gasteiger partial charge is 0.462 e. The van der Waals surface area contributed by atoms with E-state index in [2.05, 4.69) is 48.5 Å². The van der Waals surface area contributed by atoms with E-state index in [0.29, 0.717) is 25.7 Å². The minimum Gasteiger partial charge on any atom is -0.462 e. The lowest BCUT2D eigenvalue weighted by Gasteiger charge is -2.21. The maximum absolute atomic E-state index is 13.1. The SMILES string of the molecule is CCCCCCCCCCCCCCCCC(=O)O[C@H](COC(=O)CCCCCCCCCCCC(C)C)COP(=O)(O)OC[C@H](O)COP(=O)(O)OC[C@@H](COC(=O)CCCCCCCCCCCCCCC(C)C)OC(=O)CCCCCCCCCCCCCCCCCCCCC(C)C. The third-order valence-electron chi connectivity index (χ3n) is 19.4. The summed E-state index contributed by atoms with van der Waals surface area (Å²) in [6.45, 7) is 12.0. The number of aliphatic hydroxyl groups is 1. The summed E-state index contributed by atoms with van der Waals surface area (Å²) < 4.78 is 68.8. The molecule has 0 bridgehead atoms. The van der Waals surface area contributed by atoms with Crippen molar-refractivity contribution in [3.05, 3.63) is 0 Å². The Morgan fingerprint density at radius 1 is 0.265 bits per heavy atom. The van der Waals surface area contributed by atoms with Crippen LogP contribution in [0, 0.1) is 17.8 Å². The highest BCUT2D eigenvalue weighted by Gasteiger charge is 2.30. The fraction of sp³-hybridized carbons (Fsp3) is 0.952. The van der Waals surface area contributed by atoms with E-state index in [4.69, 9.17) is 37.0 Å². The molecule has 606 valence electrons. The van der Waals surface area contributed by atoms with Crippen molar-refractivity contribution in [3.8, 4) is 0 Å².